The Morgan fingerprint density at radius 3 is 2.89 bits per heavy atom. The molecule has 0 saturated carbocycles. The number of nitrogen functional groups attached to an aromatic ring is 1. The Morgan fingerprint density at radius 2 is 2.22 bits per heavy atom. The Kier molecular flexibility index (Phi) is 3.61. The monoisotopic (exact) mass is 250 g/mol. The molecule has 0 fully saturated rings. The zero-order chi connectivity index (χ0) is 13.1. The molecule has 7 heteroatoms. The molecule has 0 bridgehead atoms. The topological polar surface area (TPSA) is 113 Å². The lowest BCUT2D eigenvalue weighted by Crippen LogP contribution is -2.26. The van der Waals surface area contributed by atoms with Gasteiger partial charge in [0.05, 0.1) is 19.0 Å². The second-order valence-electron chi connectivity index (χ2n) is 4.68. The molecular weight excluding hydrogens is 232 g/mol. The van der Waals surface area contributed by atoms with E-state index in [-0.39, 0.29) is 18.6 Å². The van der Waals surface area contributed by atoms with Crippen LogP contribution in [0.5, 0.6) is 0 Å². The van der Waals surface area contributed by atoms with Crippen molar-refractivity contribution < 1.29 is 5.11 Å². The molecule has 0 aliphatic carbocycles. The minimum atomic E-state index is -0.0641. The highest BCUT2D eigenvalue weighted by Gasteiger charge is 2.14. The van der Waals surface area contributed by atoms with E-state index >= 15 is 0 Å². The number of aromatic nitrogens is 4. The molecule has 0 amide bonds. The van der Waals surface area contributed by atoms with Gasteiger partial charge >= 0.3 is 0 Å². The lowest BCUT2D eigenvalue weighted by atomic mass is 10.0. The van der Waals surface area contributed by atoms with Gasteiger partial charge in [-0.2, -0.15) is 9.97 Å². The minimum Gasteiger partial charge on any atom is -0.394 e. The zero-order valence-electron chi connectivity index (χ0n) is 10.5. The van der Waals surface area contributed by atoms with Gasteiger partial charge in [0.25, 0.3) is 0 Å². The van der Waals surface area contributed by atoms with Crippen LogP contribution in [0.3, 0.4) is 0 Å². The highest BCUT2D eigenvalue weighted by Crippen LogP contribution is 2.19. The summed E-state index contributed by atoms with van der Waals surface area (Å²) in [5.41, 5.74) is 6.84. The summed E-state index contributed by atoms with van der Waals surface area (Å²) in [6, 6.07) is -0.0641. The van der Waals surface area contributed by atoms with Crippen LogP contribution in [0.1, 0.15) is 20.3 Å². The molecule has 0 aliphatic heterocycles. The number of rotatable bonds is 5. The lowest BCUT2D eigenvalue weighted by molar-refractivity contribution is 0.259. The van der Waals surface area contributed by atoms with Gasteiger partial charge in [-0.1, -0.05) is 13.8 Å². The molecular formula is C11H18N6O. The Morgan fingerprint density at radius 1 is 1.44 bits per heavy atom. The van der Waals surface area contributed by atoms with Crippen molar-refractivity contribution in [3.05, 3.63) is 6.33 Å². The van der Waals surface area contributed by atoms with E-state index in [0.717, 1.165) is 6.42 Å². The second kappa shape index (κ2) is 5.18. The average molecular weight is 250 g/mol. The third-order valence-corrected chi connectivity index (χ3v) is 2.62. The van der Waals surface area contributed by atoms with Crippen molar-refractivity contribution in [2.75, 3.05) is 17.7 Å². The summed E-state index contributed by atoms with van der Waals surface area (Å²) in [4.78, 5) is 15.2. The third-order valence-electron chi connectivity index (χ3n) is 2.62. The van der Waals surface area contributed by atoms with E-state index in [0.29, 0.717) is 22.9 Å². The number of H-pyrrole nitrogens is 1. The predicted molar refractivity (Wildman–Crippen MR) is 70.0 cm³/mol. The first-order valence-corrected chi connectivity index (χ1v) is 5.94. The van der Waals surface area contributed by atoms with Crippen molar-refractivity contribution in [3.8, 4) is 0 Å². The number of aliphatic hydroxyl groups is 1. The van der Waals surface area contributed by atoms with Crippen LogP contribution in [-0.4, -0.2) is 37.7 Å². The summed E-state index contributed by atoms with van der Waals surface area (Å²) in [7, 11) is 0. The third kappa shape index (κ3) is 2.67. The molecule has 7 nitrogen and oxygen atoms in total. The average Bonchev–Trinajstić information content (AvgIpc) is 2.75. The molecule has 1 atom stereocenters. The van der Waals surface area contributed by atoms with Gasteiger partial charge in [-0.25, -0.2) is 4.98 Å². The van der Waals surface area contributed by atoms with Gasteiger partial charge in [-0.15, -0.1) is 0 Å². The van der Waals surface area contributed by atoms with E-state index < -0.39 is 0 Å². The second-order valence-corrected chi connectivity index (χ2v) is 4.68. The molecule has 98 valence electrons. The molecule has 2 aromatic heterocycles. The molecule has 2 heterocycles. The van der Waals surface area contributed by atoms with Gasteiger partial charge in [0.1, 0.15) is 5.52 Å². The number of hydrogen-bond donors (Lipinski definition) is 4. The number of nitrogens with one attached hydrogen (secondary N) is 2. The van der Waals surface area contributed by atoms with Crippen molar-refractivity contribution in [3.63, 3.8) is 0 Å². The smallest absolute Gasteiger partial charge is 0.224 e. The van der Waals surface area contributed by atoms with Gasteiger partial charge in [0.15, 0.2) is 11.5 Å². The normalized spacial score (nSPS) is 13.1. The van der Waals surface area contributed by atoms with Gasteiger partial charge < -0.3 is 21.1 Å². The van der Waals surface area contributed by atoms with E-state index in [1.54, 1.807) is 6.33 Å². The maximum absolute atomic E-state index is 9.37. The Bertz CT molecular complexity index is 523. The summed E-state index contributed by atoms with van der Waals surface area (Å²) in [6.45, 7) is 4.24. The van der Waals surface area contributed by atoms with Gasteiger partial charge in [-0.3, -0.25) is 0 Å². The first kappa shape index (κ1) is 12.6. The highest BCUT2D eigenvalue weighted by atomic mass is 16.3. The number of aliphatic hydroxyl groups excluding tert-OH is 1. The Labute approximate surface area is 105 Å². The summed E-state index contributed by atoms with van der Waals surface area (Å²) in [5, 5.41) is 12.5. The van der Waals surface area contributed by atoms with E-state index in [2.05, 4.69) is 39.1 Å². The lowest BCUT2D eigenvalue weighted by Gasteiger charge is -2.19. The number of imidazole rings is 1. The zero-order valence-corrected chi connectivity index (χ0v) is 10.5. The Hall–Kier alpha value is -1.89. The van der Waals surface area contributed by atoms with Gasteiger partial charge in [0, 0.05) is 0 Å². The number of nitrogens with zero attached hydrogens (tertiary/aromatic N) is 3. The first-order chi connectivity index (χ1) is 8.60. The molecule has 1 unspecified atom stereocenters. The summed E-state index contributed by atoms with van der Waals surface area (Å²) < 4.78 is 0. The predicted octanol–water partition coefficient (Wildman–Crippen LogP) is 0.754. The largest absolute Gasteiger partial charge is 0.394 e. The van der Waals surface area contributed by atoms with Gasteiger partial charge in [-0.05, 0) is 12.3 Å². The maximum Gasteiger partial charge on any atom is 0.224 e. The molecule has 0 saturated heterocycles. The first-order valence-electron chi connectivity index (χ1n) is 5.94. The van der Waals surface area contributed by atoms with Crippen molar-refractivity contribution in [1.29, 1.82) is 0 Å². The molecule has 18 heavy (non-hydrogen) atoms. The van der Waals surface area contributed by atoms with Crippen molar-refractivity contribution in [1.82, 2.24) is 19.9 Å². The number of anilines is 2. The molecule has 0 aliphatic rings. The van der Waals surface area contributed by atoms with Gasteiger partial charge in [0.2, 0.25) is 5.95 Å². The fourth-order valence-corrected chi connectivity index (χ4v) is 1.90. The van der Waals surface area contributed by atoms with Crippen LogP contribution in [0.25, 0.3) is 11.2 Å². The van der Waals surface area contributed by atoms with Crippen molar-refractivity contribution in [2.24, 2.45) is 5.92 Å². The fourth-order valence-electron chi connectivity index (χ4n) is 1.90. The fraction of sp³-hybridized carbons (Fsp3) is 0.545. The summed E-state index contributed by atoms with van der Waals surface area (Å²) in [5.74, 6) is 1.22. The number of hydrogen-bond acceptors (Lipinski definition) is 6. The van der Waals surface area contributed by atoms with E-state index in [4.69, 9.17) is 5.73 Å². The van der Waals surface area contributed by atoms with Crippen LogP contribution in [0.4, 0.5) is 11.8 Å². The number of fused-ring (bicyclic) bond motifs is 1. The summed E-state index contributed by atoms with van der Waals surface area (Å²) >= 11 is 0. The SMILES string of the molecule is CC(C)CC(CO)Nc1nc(N)nc2nc[nH]c12. The molecule has 0 radical (unpaired) electrons. The number of nitrogens with two attached hydrogens (primary N) is 1. The van der Waals surface area contributed by atoms with Crippen LogP contribution in [0.2, 0.25) is 0 Å². The molecule has 2 aromatic rings. The number of aromatic amines is 1. The minimum absolute atomic E-state index is 0.0394. The van der Waals surface area contributed by atoms with Crippen molar-refractivity contribution >= 4 is 22.9 Å². The van der Waals surface area contributed by atoms with Crippen LogP contribution in [0.15, 0.2) is 6.33 Å². The maximum atomic E-state index is 9.37. The van der Waals surface area contributed by atoms with Crippen LogP contribution in [-0.2, 0) is 0 Å². The molecule has 2 rings (SSSR count). The summed E-state index contributed by atoms with van der Waals surface area (Å²) in [6.07, 6.45) is 2.39. The Balaban J connectivity index is 2.26. The van der Waals surface area contributed by atoms with Crippen molar-refractivity contribution in [2.45, 2.75) is 26.3 Å². The molecule has 5 N–H and O–H groups in total. The van der Waals surface area contributed by atoms with Crippen LogP contribution < -0.4 is 11.1 Å². The molecule has 0 aromatic carbocycles. The van der Waals surface area contributed by atoms with E-state index in [9.17, 15) is 5.11 Å². The van der Waals surface area contributed by atoms with Crippen LogP contribution >= 0.6 is 0 Å². The van der Waals surface area contributed by atoms with Crippen LogP contribution in [0, 0.1) is 5.92 Å². The van der Waals surface area contributed by atoms with E-state index in [1.807, 2.05) is 0 Å². The quantitative estimate of drug-likeness (QED) is 0.623. The standard InChI is InChI=1S/C11H18N6O/c1-6(2)3-7(4-18)15-10-8-9(14-5-13-8)16-11(12)17-10/h5-7,18H,3-4H2,1-2H3,(H4,12,13,14,15,16,17). The van der Waals surface area contributed by atoms with E-state index in [1.165, 1.54) is 0 Å². The molecule has 0 spiro atoms. The highest BCUT2D eigenvalue weighted by molar-refractivity contribution is 5.83.